The second kappa shape index (κ2) is 7.55. The van der Waals surface area contributed by atoms with Crippen molar-refractivity contribution in [3.05, 3.63) is 29.8 Å². The summed E-state index contributed by atoms with van der Waals surface area (Å²) in [4.78, 5) is 14.8. The van der Waals surface area contributed by atoms with E-state index in [0.29, 0.717) is 13.1 Å². The molecule has 1 aliphatic heterocycles. The monoisotopic (exact) mass is 294 g/mol. The summed E-state index contributed by atoms with van der Waals surface area (Å²) < 4.78 is 0. The number of benzene rings is 1. The normalized spacial score (nSPS) is 18.9. The fourth-order valence-corrected chi connectivity index (χ4v) is 2.98. The van der Waals surface area contributed by atoms with E-state index in [1.807, 2.05) is 0 Å². The number of nitrogens with one attached hydrogen (secondary N) is 1. The molecule has 20 heavy (non-hydrogen) atoms. The number of carbonyl (C=O) groups is 1. The molecule has 1 atom stereocenters. The number of rotatable bonds is 4. The zero-order valence-corrected chi connectivity index (χ0v) is 12.7. The van der Waals surface area contributed by atoms with Gasteiger partial charge in [-0.25, -0.2) is 4.79 Å². The second-order valence-corrected chi connectivity index (χ2v) is 6.30. The second-order valence-electron chi connectivity index (χ2n) is 5.14. The molecule has 2 N–H and O–H groups in total. The summed E-state index contributed by atoms with van der Waals surface area (Å²) in [6.07, 6.45) is 1.32. The summed E-state index contributed by atoms with van der Waals surface area (Å²) in [6.45, 7) is 3.91. The van der Waals surface area contributed by atoms with E-state index in [0.717, 1.165) is 25.1 Å². The Balaban J connectivity index is 1.65. The van der Waals surface area contributed by atoms with Crippen molar-refractivity contribution in [2.75, 3.05) is 25.4 Å². The van der Waals surface area contributed by atoms with Gasteiger partial charge >= 0.3 is 6.03 Å². The van der Waals surface area contributed by atoms with Gasteiger partial charge in [0, 0.05) is 30.3 Å². The lowest BCUT2D eigenvalue weighted by atomic mass is 10.1. The van der Waals surface area contributed by atoms with Crippen molar-refractivity contribution >= 4 is 17.8 Å². The summed E-state index contributed by atoms with van der Waals surface area (Å²) in [5.74, 6) is 0.852. The number of urea groups is 1. The molecule has 110 valence electrons. The molecule has 1 aromatic rings. The predicted octanol–water partition coefficient (Wildman–Crippen LogP) is 2.25. The quantitative estimate of drug-likeness (QED) is 0.661. The average Bonchev–Trinajstić information content (AvgIpc) is 2.45. The van der Waals surface area contributed by atoms with E-state index in [1.165, 1.54) is 10.5 Å². The van der Waals surface area contributed by atoms with Gasteiger partial charge < -0.3 is 15.3 Å². The van der Waals surface area contributed by atoms with Crippen molar-refractivity contribution in [2.24, 2.45) is 0 Å². The van der Waals surface area contributed by atoms with E-state index in [1.54, 1.807) is 16.7 Å². The van der Waals surface area contributed by atoms with Crippen LogP contribution in [0.2, 0.25) is 0 Å². The molecule has 5 heteroatoms. The Labute approximate surface area is 124 Å². The Morgan fingerprint density at radius 3 is 2.90 bits per heavy atom. The number of β-amino-alcohol motifs (C(OH)–C–C–N with tert-alkyl or cyclic N) is 1. The van der Waals surface area contributed by atoms with Crippen LogP contribution in [0.1, 0.15) is 18.4 Å². The van der Waals surface area contributed by atoms with Crippen molar-refractivity contribution in [3.8, 4) is 0 Å². The van der Waals surface area contributed by atoms with E-state index < -0.39 is 0 Å². The number of amides is 2. The highest BCUT2D eigenvalue weighted by molar-refractivity contribution is 7.99. The lowest BCUT2D eigenvalue weighted by Crippen LogP contribution is -2.47. The smallest absolute Gasteiger partial charge is 0.317 e. The number of hydrogen-bond acceptors (Lipinski definition) is 3. The molecule has 1 aliphatic rings. The molecule has 2 rings (SSSR count). The van der Waals surface area contributed by atoms with Gasteiger partial charge in [0.15, 0.2) is 0 Å². The topological polar surface area (TPSA) is 52.6 Å². The number of aliphatic hydroxyl groups is 1. The molecule has 0 radical (unpaired) electrons. The molecule has 0 aromatic heterocycles. The Hall–Kier alpha value is -1.20. The molecular formula is C15H22N2O2S. The van der Waals surface area contributed by atoms with Crippen LogP contribution in [0, 0.1) is 6.92 Å². The molecule has 1 unspecified atom stereocenters. The Morgan fingerprint density at radius 2 is 2.20 bits per heavy atom. The zero-order chi connectivity index (χ0) is 14.4. The zero-order valence-electron chi connectivity index (χ0n) is 11.8. The van der Waals surface area contributed by atoms with E-state index in [-0.39, 0.29) is 12.1 Å². The maximum absolute atomic E-state index is 11.9. The summed E-state index contributed by atoms with van der Waals surface area (Å²) in [7, 11) is 0. The summed E-state index contributed by atoms with van der Waals surface area (Å²) >= 11 is 1.74. The van der Waals surface area contributed by atoms with E-state index in [2.05, 4.69) is 36.5 Å². The van der Waals surface area contributed by atoms with Crippen molar-refractivity contribution in [2.45, 2.75) is 30.8 Å². The molecular weight excluding hydrogens is 272 g/mol. The largest absolute Gasteiger partial charge is 0.391 e. The van der Waals surface area contributed by atoms with Gasteiger partial charge in [0.1, 0.15) is 0 Å². The SMILES string of the molecule is Cc1ccc(SCCNC(=O)N2CCCC(O)C2)cc1. The minimum atomic E-state index is -0.364. The maximum atomic E-state index is 11.9. The van der Waals surface area contributed by atoms with Gasteiger partial charge in [0.25, 0.3) is 0 Å². The summed E-state index contributed by atoms with van der Waals surface area (Å²) in [6, 6.07) is 8.32. The number of aliphatic hydroxyl groups excluding tert-OH is 1. The molecule has 1 saturated heterocycles. The standard InChI is InChI=1S/C15H22N2O2S/c1-12-4-6-14(7-5-12)20-10-8-16-15(19)17-9-2-3-13(18)11-17/h4-7,13,18H,2-3,8-11H2,1H3,(H,16,19). The molecule has 0 bridgehead atoms. The number of likely N-dealkylation sites (tertiary alicyclic amines) is 1. The highest BCUT2D eigenvalue weighted by Crippen LogP contribution is 2.17. The van der Waals surface area contributed by atoms with Crippen LogP contribution >= 0.6 is 11.8 Å². The predicted molar refractivity (Wildman–Crippen MR) is 82.1 cm³/mol. The Kier molecular flexibility index (Phi) is 5.73. The van der Waals surface area contributed by atoms with Gasteiger partial charge in [0.05, 0.1) is 6.10 Å². The third-order valence-electron chi connectivity index (χ3n) is 3.35. The molecule has 0 spiro atoms. The van der Waals surface area contributed by atoms with Crippen molar-refractivity contribution in [1.29, 1.82) is 0 Å². The molecule has 1 heterocycles. The number of aryl methyl sites for hydroxylation is 1. The third kappa shape index (κ3) is 4.72. The van der Waals surface area contributed by atoms with Gasteiger partial charge in [-0.1, -0.05) is 17.7 Å². The number of piperidine rings is 1. The lowest BCUT2D eigenvalue weighted by Gasteiger charge is -2.30. The minimum absolute atomic E-state index is 0.0618. The number of hydrogen-bond donors (Lipinski definition) is 2. The van der Waals surface area contributed by atoms with Crippen LogP contribution in [-0.4, -0.2) is 47.5 Å². The average molecular weight is 294 g/mol. The molecule has 2 amide bonds. The van der Waals surface area contributed by atoms with E-state index in [4.69, 9.17) is 0 Å². The van der Waals surface area contributed by atoms with Crippen molar-refractivity contribution in [3.63, 3.8) is 0 Å². The molecule has 0 saturated carbocycles. The van der Waals surface area contributed by atoms with Gasteiger partial charge in [-0.15, -0.1) is 11.8 Å². The number of carbonyl (C=O) groups excluding carboxylic acids is 1. The minimum Gasteiger partial charge on any atom is -0.391 e. The maximum Gasteiger partial charge on any atom is 0.317 e. The molecule has 4 nitrogen and oxygen atoms in total. The summed E-state index contributed by atoms with van der Waals surface area (Å²) in [5.41, 5.74) is 1.26. The van der Waals surface area contributed by atoms with Crippen molar-refractivity contribution < 1.29 is 9.90 Å². The van der Waals surface area contributed by atoms with E-state index >= 15 is 0 Å². The first-order valence-corrected chi connectivity index (χ1v) is 8.04. The van der Waals surface area contributed by atoms with E-state index in [9.17, 15) is 9.90 Å². The van der Waals surface area contributed by atoms with Crippen LogP contribution in [0.3, 0.4) is 0 Å². The van der Waals surface area contributed by atoms with Crippen LogP contribution in [0.15, 0.2) is 29.2 Å². The Bertz CT molecular complexity index is 436. The van der Waals surface area contributed by atoms with Gasteiger partial charge in [-0.2, -0.15) is 0 Å². The van der Waals surface area contributed by atoms with Crippen molar-refractivity contribution in [1.82, 2.24) is 10.2 Å². The van der Waals surface area contributed by atoms with Gasteiger partial charge in [-0.05, 0) is 31.9 Å². The summed E-state index contributed by atoms with van der Waals surface area (Å²) in [5, 5.41) is 12.5. The molecule has 1 aromatic carbocycles. The number of thioether (sulfide) groups is 1. The highest BCUT2D eigenvalue weighted by atomic mass is 32.2. The fourth-order valence-electron chi connectivity index (χ4n) is 2.21. The Morgan fingerprint density at radius 1 is 1.45 bits per heavy atom. The van der Waals surface area contributed by atoms with Crippen LogP contribution in [-0.2, 0) is 0 Å². The molecule has 1 fully saturated rings. The first kappa shape index (κ1) is 15.2. The van der Waals surface area contributed by atoms with Crippen LogP contribution < -0.4 is 5.32 Å². The van der Waals surface area contributed by atoms with Crippen LogP contribution in [0.5, 0.6) is 0 Å². The highest BCUT2D eigenvalue weighted by Gasteiger charge is 2.21. The van der Waals surface area contributed by atoms with Crippen LogP contribution in [0.25, 0.3) is 0 Å². The number of nitrogens with zero attached hydrogens (tertiary/aromatic N) is 1. The fraction of sp³-hybridized carbons (Fsp3) is 0.533. The first-order valence-electron chi connectivity index (χ1n) is 7.05. The molecule has 0 aliphatic carbocycles. The van der Waals surface area contributed by atoms with Gasteiger partial charge in [-0.3, -0.25) is 0 Å². The third-order valence-corrected chi connectivity index (χ3v) is 4.37. The van der Waals surface area contributed by atoms with Gasteiger partial charge in [0.2, 0.25) is 0 Å². The van der Waals surface area contributed by atoms with Crippen LogP contribution in [0.4, 0.5) is 4.79 Å². The first-order chi connectivity index (χ1) is 9.65. The lowest BCUT2D eigenvalue weighted by molar-refractivity contribution is 0.0845.